The monoisotopic (exact) mass is 243 g/mol. The Bertz CT molecular complexity index is 303. The van der Waals surface area contributed by atoms with E-state index in [1.165, 1.54) is 11.9 Å². The summed E-state index contributed by atoms with van der Waals surface area (Å²) in [6, 6.07) is 0. The van der Waals surface area contributed by atoms with E-state index in [1.807, 2.05) is 0 Å². The number of aliphatic hydroxyl groups excluding tert-OH is 1. The molecule has 0 bridgehead atoms. The first-order valence-electron chi connectivity index (χ1n) is 5.19. The lowest BCUT2D eigenvalue weighted by atomic mass is 10.3. The second-order valence-corrected chi connectivity index (χ2v) is 3.46. The number of rotatable bonds is 7. The van der Waals surface area contributed by atoms with Gasteiger partial charge in [-0.05, 0) is 6.72 Å². The van der Waals surface area contributed by atoms with Crippen molar-refractivity contribution in [2.24, 2.45) is 10.7 Å². The van der Waals surface area contributed by atoms with E-state index in [1.54, 1.807) is 19.0 Å². The second kappa shape index (κ2) is 7.64. The first kappa shape index (κ1) is 15.4. The van der Waals surface area contributed by atoms with Crippen LogP contribution in [0.4, 0.5) is 0 Å². The molecule has 0 aliphatic carbocycles. The predicted molar refractivity (Wildman–Crippen MR) is 67.2 cm³/mol. The van der Waals surface area contributed by atoms with Crippen LogP contribution >= 0.6 is 0 Å². The van der Waals surface area contributed by atoms with E-state index in [-0.39, 0.29) is 12.6 Å². The second-order valence-electron chi connectivity index (χ2n) is 3.46. The third-order valence-electron chi connectivity index (χ3n) is 2.23. The van der Waals surface area contributed by atoms with Crippen molar-refractivity contribution in [1.82, 2.24) is 15.1 Å². The Labute approximate surface area is 102 Å². The molecule has 0 saturated heterocycles. The first-order chi connectivity index (χ1) is 8.03. The van der Waals surface area contributed by atoms with Gasteiger partial charge in [0.1, 0.15) is 12.4 Å². The van der Waals surface area contributed by atoms with Gasteiger partial charge in [0.15, 0.2) is 5.82 Å². The highest BCUT2D eigenvalue weighted by Crippen LogP contribution is 2.10. The summed E-state index contributed by atoms with van der Waals surface area (Å²) in [4.78, 5) is 18.6. The molecule has 98 valence electrons. The maximum absolute atomic E-state index is 12.0. The Balaban J connectivity index is 5.31. The Kier molecular flexibility index (Phi) is 6.92. The average Bonchev–Trinajstić information content (AvgIpc) is 2.34. The maximum atomic E-state index is 12.0. The molecule has 0 spiro atoms. The lowest BCUT2D eigenvalue weighted by Crippen LogP contribution is -2.39. The Morgan fingerprint density at radius 2 is 2.06 bits per heavy atom. The molecule has 0 aromatic rings. The van der Waals surface area contributed by atoms with Crippen molar-refractivity contribution >= 4 is 12.6 Å². The van der Waals surface area contributed by atoms with Crippen LogP contribution in [0.15, 0.2) is 16.5 Å². The van der Waals surface area contributed by atoms with Gasteiger partial charge in [-0.25, -0.2) is 4.99 Å². The lowest BCUT2D eigenvalue weighted by molar-refractivity contribution is -0.130. The summed E-state index contributed by atoms with van der Waals surface area (Å²) in [5.41, 5.74) is 5.78. The fraction of sp³-hybridized carbons (Fsp3) is 0.600. The molecule has 0 unspecified atom stereocenters. The van der Waals surface area contributed by atoms with Crippen LogP contribution in [0.3, 0.4) is 0 Å². The van der Waals surface area contributed by atoms with Crippen LogP contribution < -0.4 is 11.1 Å². The number of hydrogen-bond donors (Lipinski definition) is 3. The molecule has 0 radical (unpaired) electrons. The van der Waals surface area contributed by atoms with E-state index in [2.05, 4.69) is 17.0 Å². The van der Waals surface area contributed by atoms with Crippen LogP contribution in [0.1, 0.15) is 0 Å². The van der Waals surface area contributed by atoms with Gasteiger partial charge >= 0.3 is 0 Å². The standard InChI is InChI=1S/C10H21N5O2/c1-12-9(13-2)8(14(3)6-5-11)10(17)15(4)7-16/h13,16H,1,5-7,11H2,2-4H3/b9-8+. The zero-order valence-corrected chi connectivity index (χ0v) is 10.6. The predicted octanol–water partition coefficient (Wildman–Crippen LogP) is -1.63. The van der Waals surface area contributed by atoms with Crippen LogP contribution in [0.2, 0.25) is 0 Å². The smallest absolute Gasteiger partial charge is 0.275 e. The van der Waals surface area contributed by atoms with E-state index in [0.717, 1.165) is 0 Å². The molecule has 4 N–H and O–H groups in total. The Morgan fingerprint density at radius 3 is 2.41 bits per heavy atom. The molecular weight excluding hydrogens is 222 g/mol. The van der Waals surface area contributed by atoms with Crippen LogP contribution in [-0.2, 0) is 4.79 Å². The number of carbonyl (C=O) groups excluding carboxylic acids is 1. The molecule has 0 aromatic heterocycles. The number of likely N-dealkylation sites (N-methyl/N-ethyl adjacent to an activating group) is 2. The van der Waals surface area contributed by atoms with Gasteiger partial charge in [0.05, 0.1) is 0 Å². The normalized spacial score (nSPS) is 11.6. The zero-order chi connectivity index (χ0) is 13.4. The van der Waals surface area contributed by atoms with Gasteiger partial charge in [-0.1, -0.05) is 0 Å². The third-order valence-corrected chi connectivity index (χ3v) is 2.23. The van der Waals surface area contributed by atoms with Crippen molar-refractivity contribution in [2.75, 3.05) is 41.0 Å². The highest BCUT2D eigenvalue weighted by molar-refractivity contribution is 5.93. The minimum absolute atomic E-state index is 0.324. The number of aliphatic hydroxyl groups is 1. The number of hydrogen-bond acceptors (Lipinski definition) is 6. The summed E-state index contributed by atoms with van der Waals surface area (Å²) in [7, 11) is 4.87. The molecular formula is C10H21N5O2. The Hall–Kier alpha value is -1.60. The molecule has 0 aliphatic rings. The van der Waals surface area contributed by atoms with Crippen molar-refractivity contribution in [3.05, 3.63) is 11.5 Å². The fourth-order valence-electron chi connectivity index (χ4n) is 1.27. The van der Waals surface area contributed by atoms with Gasteiger partial charge in [0.2, 0.25) is 0 Å². The van der Waals surface area contributed by atoms with Crippen LogP contribution in [0.25, 0.3) is 0 Å². The number of nitrogens with one attached hydrogen (secondary N) is 1. The van der Waals surface area contributed by atoms with E-state index in [4.69, 9.17) is 10.8 Å². The number of amides is 1. The quantitative estimate of drug-likeness (QED) is 0.284. The average molecular weight is 243 g/mol. The zero-order valence-electron chi connectivity index (χ0n) is 10.6. The van der Waals surface area contributed by atoms with Gasteiger partial charge in [-0.15, -0.1) is 0 Å². The first-order valence-corrected chi connectivity index (χ1v) is 5.19. The molecule has 17 heavy (non-hydrogen) atoms. The van der Waals surface area contributed by atoms with Crippen molar-refractivity contribution in [3.63, 3.8) is 0 Å². The largest absolute Gasteiger partial charge is 0.376 e. The molecule has 7 nitrogen and oxygen atoms in total. The van der Waals surface area contributed by atoms with Crippen molar-refractivity contribution in [2.45, 2.75) is 0 Å². The lowest BCUT2D eigenvalue weighted by Gasteiger charge is -2.25. The van der Waals surface area contributed by atoms with Gasteiger partial charge in [-0.3, -0.25) is 4.79 Å². The molecule has 0 aromatic carbocycles. The van der Waals surface area contributed by atoms with Gasteiger partial charge in [0.25, 0.3) is 5.91 Å². The van der Waals surface area contributed by atoms with Crippen LogP contribution in [0, 0.1) is 0 Å². The van der Waals surface area contributed by atoms with Crippen LogP contribution in [0.5, 0.6) is 0 Å². The summed E-state index contributed by atoms with van der Waals surface area (Å²) in [5, 5.41) is 11.8. The van der Waals surface area contributed by atoms with E-state index >= 15 is 0 Å². The number of aliphatic imine (C=N–C) groups is 1. The minimum atomic E-state index is -0.368. The van der Waals surface area contributed by atoms with Crippen LogP contribution in [-0.4, -0.2) is 68.5 Å². The summed E-state index contributed by atoms with van der Waals surface area (Å²) in [5.74, 6) is 0.00597. The van der Waals surface area contributed by atoms with Crippen molar-refractivity contribution in [3.8, 4) is 0 Å². The number of nitrogens with zero attached hydrogens (tertiary/aromatic N) is 3. The molecule has 0 heterocycles. The molecule has 7 heteroatoms. The number of nitrogens with two attached hydrogens (primary N) is 1. The molecule has 0 saturated carbocycles. The molecule has 1 amide bonds. The van der Waals surface area contributed by atoms with Gasteiger partial charge in [-0.2, -0.15) is 0 Å². The van der Waals surface area contributed by atoms with Crippen molar-refractivity contribution < 1.29 is 9.90 Å². The van der Waals surface area contributed by atoms with E-state index in [0.29, 0.717) is 24.6 Å². The summed E-state index contributed by atoms with van der Waals surface area (Å²) >= 11 is 0. The highest BCUT2D eigenvalue weighted by Gasteiger charge is 2.21. The summed E-state index contributed by atoms with van der Waals surface area (Å²) in [6.07, 6.45) is 0. The third kappa shape index (κ3) is 4.04. The minimum Gasteiger partial charge on any atom is -0.376 e. The molecule has 0 aliphatic heterocycles. The van der Waals surface area contributed by atoms with E-state index < -0.39 is 0 Å². The van der Waals surface area contributed by atoms with Crippen molar-refractivity contribution in [1.29, 1.82) is 0 Å². The topological polar surface area (TPSA) is 94.2 Å². The summed E-state index contributed by atoms with van der Waals surface area (Å²) in [6.45, 7) is 3.94. The Morgan fingerprint density at radius 1 is 1.47 bits per heavy atom. The van der Waals surface area contributed by atoms with E-state index in [9.17, 15) is 4.79 Å². The fourth-order valence-corrected chi connectivity index (χ4v) is 1.27. The maximum Gasteiger partial charge on any atom is 0.275 e. The number of carbonyl (C=O) groups is 1. The summed E-state index contributed by atoms with van der Waals surface area (Å²) < 4.78 is 0. The molecule has 0 fully saturated rings. The molecule has 0 rings (SSSR count). The van der Waals surface area contributed by atoms with Gasteiger partial charge in [0, 0.05) is 34.2 Å². The van der Waals surface area contributed by atoms with Gasteiger partial charge < -0.3 is 26.0 Å². The highest BCUT2D eigenvalue weighted by atomic mass is 16.3. The SMILES string of the molecule is C=N/C(NC)=C(/C(=O)N(C)CO)N(C)CCN. The molecule has 0 atom stereocenters.